The van der Waals surface area contributed by atoms with Gasteiger partial charge in [-0.05, 0) is 135 Å². The van der Waals surface area contributed by atoms with Crippen molar-refractivity contribution in [2.24, 2.45) is 23.2 Å². The first kappa shape index (κ1) is 43.1. The Morgan fingerprint density at radius 1 is 0.932 bits per heavy atom. The molecule has 7 heteroatoms. The molecule has 1 heterocycles. The van der Waals surface area contributed by atoms with E-state index in [9.17, 15) is 19.8 Å². The molecule has 6 nitrogen and oxygen atoms in total. The zero-order valence-corrected chi connectivity index (χ0v) is 36.7. The highest BCUT2D eigenvalue weighted by atomic mass is 32.1. The molecule has 2 bridgehead atoms. The lowest BCUT2D eigenvalue weighted by Gasteiger charge is -2.46. The molecule has 4 aliphatic carbocycles. The van der Waals surface area contributed by atoms with Crippen LogP contribution in [0.5, 0.6) is 0 Å². The van der Waals surface area contributed by atoms with Crippen molar-refractivity contribution >= 4 is 23.2 Å². The summed E-state index contributed by atoms with van der Waals surface area (Å²) in [6, 6.07) is 28.3. The molecule has 3 aromatic carbocycles. The fourth-order valence-corrected chi connectivity index (χ4v) is 11.2. The molecule has 1 aromatic heterocycles. The number of ketones is 1. The first-order chi connectivity index (χ1) is 28.3. The third-order valence-corrected chi connectivity index (χ3v) is 15.2. The molecule has 2 N–H and O–H groups in total. The van der Waals surface area contributed by atoms with Crippen molar-refractivity contribution in [1.29, 1.82) is 0 Å². The van der Waals surface area contributed by atoms with Crippen molar-refractivity contribution in [2.45, 2.75) is 129 Å². The van der Waals surface area contributed by atoms with E-state index < -0.39 is 17.1 Å². The molecule has 0 saturated heterocycles. The van der Waals surface area contributed by atoms with Crippen molar-refractivity contribution in [1.82, 2.24) is 4.90 Å². The van der Waals surface area contributed by atoms with Crippen LogP contribution in [0.1, 0.15) is 130 Å². The lowest BCUT2D eigenvalue weighted by Crippen LogP contribution is -2.54. The van der Waals surface area contributed by atoms with E-state index in [1.54, 1.807) is 16.2 Å². The summed E-state index contributed by atoms with van der Waals surface area (Å²) < 4.78 is 6.51. The normalized spacial score (nSPS) is 27.5. The number of allylic oxidation sites excluding steroid dienone is 2. The van der Waals surface area contributed by atoms with Gasteiger partial charge in [-0.15, -0.1) is 11.3 Å². The lowest BCUT2D eigenvalue weighted by molar-refractivity contribution is -0.0861. The minimum Gasteiger partial charge on any atom is -0.446 e. The molecule has 0 radical (unpaired) electrons. The molecular weight excluding hydrogens is 751 g/mol. The first-order valence-corrected chi connectivity index (χ1v) is 23.1. The van der Waals surface area contributed by atoms with E-state index in [4.69, 9.17) is 4.74 Å². The SMILES string of the molecule is CC1=CCC[C@@]2(C)[C@@H](CC[C@@]2(O)CN(CCc2cccs2)C(=O)O[C@H]2C[C@@H](C)CC[C@@H]2C(C)C)c2ccc(cc2C(=O)c2ccc(-c3ccccc3)cc2)C[C@@H](O)CC1. The van der Waals surface area contributed by atoms with Crippen LogP contribution in [0.15, 0.2) is 102 Å². The van der Waals surface area contributed by atoms with Gasteiger partial charge in [0.2, 0.25) is 0 Å². The van der Waals surface area contributed by atoms with Crippen molar-refractivity contribution in [3.05, 3.63) is 129 Å². The number of carbonyl (C=O) groups excluding carboxylic acids is 2. The average Bonchev–Trinajstić information content (AvgIpc) is 3.84. The van der Waals surface area contributed by atoms with Gasteiger partial charge in [-0.1, -0.05) is 119 Å². The van der Waals surface area contributed by atoms with Crippen molar-refractivity contribution < 1.29 is 24.5 Å². The Morgan fingerprint density at radius 3 is 2.42 bits per heavy atom. The van der Waals surface area contributed by atoms with Gasteiger partial charge in [-0.25, -0.2) is 4.79 Å². The summed E-state index contributed by atoms with van der Waals surface area (Å²) in [6.07, 6.45) is 9.50. The Hall–Kier alpha value is -4.04. The molecule has 0 aliphatic heterocycles. The number of carbonyl (C=O) groups is 2. The minimum atomic E-state index is -1.24. The van der Waals surface area contributed by atoms with E-state index in [2.05, 4.69) is 76.4 Å². The van der Waals surface area contributed by atoms with E-state index in [1.165, 1.54) is 10.5 Å². The summed E-state index contributed by atoms with van der Waals surface area (Å²) in [5.41, 5.74) is 4.55. The van der Waals surface area contributed by atoms with E-state index in [1.807, 2.05) is 54.6 Å². The Bertz CT molecular complexity index is 2060. The predicted octanol–water partition coefficient (Wildman–Crippen LogP) is 11.8. The summed E-state index contributed by atoms with van der Waals surface area (Å²) in [7, 11) is 0. The Morgan fingerprint density at radius 2 is 1.69 bits per heavy atom. The minimum absolute atomic E-state index is 0.0563. The Kier molecular flexibility index (Phi) is 13.6. The summed E-state index contributed by atoms with van der Waals surface area (Å²) in [5, 5.41) is 26.5. The molecule has 1 amide bonds. The van der Waals surface area contributed by atoms with Crippen LogP contribution in [-0.2, 0) is 17.6 Å². The van der Waals surface area contributed by atoms with Crippen LogP contribution in [-0.4, -0.2) is 57.9 Å². The lowest BCUT2D eigenvalue weighted by atomic mass is 9.64. The highest BCUT2D eigenvalue weighted by Gasteiger charge is 2.58. The highest BCUT2D eigenvalue weighted by Crippen LogP contribution is 2.59. The molecule has 2 saturated carbocycles. The number of ether oxygens (including phenoxy) is 1. The van der Waals surface area contributed by atoms with Crippen molar-refractivity contribution in [2.75, 3.05) is 13.1 Å². The van der Waals surface area contributed by atoms with Crippen LogP contribution in [0.25, 0.3) is 11.1 Å². The van der Waals surface area contributed by atoms with Gasteiger partial charge in [0.1, 0.15) is 6.10 Å². The van der Waals surface area contributed by atoms with Gasteiger partial charge >= 0.3 is 6.09 Å². The third kappa shape index (κ3) is 9.79. The van der Waals surface area contributed by atoms with Crippen LogP contribution >= 0.6 is 11.3 Å². The molecule has 314 valence electrons. The number of benzene rings is 3. The summed E-state index contributed by atoms with van der Waals surface area (Å²) in [4.78, 5) is 32.3. The second-order valence-electron chi connectivity index (χ2n) is 18.7. The molecular formula is C52H65NO5S. The second kappa shape index (κ2) is 18.7. The van der Waals surface area contributed by atoms with Gasteiger partial charge in [0, 0.05) is 28.0 Å². The monoisotopic (exact) mass is 815 g/mol. The number of aliphatic hydroxyl groups is 2. The van der Waals surface area contributed by atoms with E-state index >= 15 is 0 Å². The Labute approximate surface area is 356 Å². The molecule has 8 rings (SSSR count). The molecule has 59 heavy (non-hydrogen) atoms. The smallest absolute Gasteiger partial charge is 0.410 e. The number of hydrogen-bond donors (Lipinski definition) is 2. The average molecular weight is 816 g/mol. The van der Waals surface area contributed by atoms with Gasteiger partial charge in [0.05, 0.1) is 18.2 Å². The maximum atomic E-state index is 14.8. The number of thiophene rings is 1. The number of amides is 1. The second-order valence-corrected chi connectivity index (χ2v) is 19.8. The van der Waals surface area contributed by atoms with Crippen molar-refractivity contribution in [3.8, 4) is 11.1 Å². The molecule has 2 fully saturated rings. The van der Waals surface area contributed by atoms with Gasteiger partial charge in [-0.3, -0.25) is 4.79 Å². The van der Waals surface area contributed by atoms with E-state index in [0.717, 1.165) is 54.4 Å². The summed E-state index contributed by atoms with van der Waals surface area (Å²) in [5.74, 6) is 1.02. The first-order valence-electron chi connectivity index (χ1n) is 22.2. The molecule has 4 aliphatic rings. The molecule has 4 aromatic rings. The topological polar surface area (TPSA) is 87.1 Å². The number of rotatable bonds is 10. The predicted molar refractivity (Wildman–Crippen MR) is 240 cm³/mol. The quantitative estimate of drug-likeness (QED) is 0.123. The fourth-order valence-electron chi connectivity index (χ4n) is 10.5. The van der Waals surface area contributed by atoms with Crippen molar-refractivity contribution in [3.63, 3.8) is 0 Å². The van der Waals surface area contributed by atoms with Crippen LogP contribution in [0.2, 0.25) is 0 Å². The largest absolute Gasteiger partial charge is 0.446 e. The highest BCUT2D eigenvalue weighted by molar-refractivity contribution is 7.09. The molecule has 7 atom stereocenters. The van der Waals surface area contributed by atoms with Gasteiger partial charge in [-0.2, -0.15) is 0 Å². The van der Waals surface area contributed by atoms with E-state index in [-0.39, 0.29) is 30.4 Å². The molecule has 0 spiro atoms. The molecule has 0 unspecified atom stereocenters. The zero-order chi connectivity index (χ0) is 41.7. The maximum absolute atomic E-state index is 14.8. The van der Waals surface area contributed by atoms with Gasteiger partial charge in [0.15, 0.2) is 5.78 Å². The fraction of sp³-hybridized carbons (Fsp3) is 0.500. The zero-order valence-electron chi connectivity index (χ0n) is 35.9. The number of fused-ring (bicyclic) bond motifs is 8. The number of aliphatic hydroxyl groups excluding tert-OH is 1. The van der Waals surface area contributed by atoms with Gasteiger partial charge in [0.25, 0.3) is 0 Å². The number of nitrogens with zero attached hydrogens (tertiary/aromatic N) is 1. The number of hydrogen-bond acceptors (Lipinski definition) is 6. The van der Waals surface area contributed by atoms with Crippen LogP contribution < -0.4 is 0 Å². The summed E-state index contributed by atoms with van der Waals surface area (Å²) in [6.45, 7) is 11.7. The van der Waals surface area contributed by atoms with Crippen LogP contribution in [0.4, 0.5) is 4.79 Å². The van der Waals surface area contributed by atoms with Gasteiger partial charge < -0.3 is 19.8 Å². The third-order valence-electron chi connectivity index (χ3n) is 14.3. The summed E-state index contributed by atoms with van der Waals surface area (Å²) >= 11 is 1.69. The maximum Gasteiger partial charge on any atom is 0.410 e. The Balaban J connectivity index is 1.25. The van der Waals surface area contributed by atoms with E-state index in [0.29, 0.717) is 74.0 Å². The van der Waals surface area contributed by atoms with Crippen LogP contribution in [0.3, 0.4) is 0 Å². The van der Waals surface area contributed by atoms with Crippen LogP contribution in [0, 0.1) is 23.2 Å². The standard InChI is InChI=1S/C52H65NO5S/c1-35(2)44-23-16-37(4)31-48(44)58-50(56)53(29-26-43-14-10-30-59-43)34-52(57)28-25-47-45-24-17-38(32-42(54)22-15-36(3)11-9-27-51(47,52)5)33-46(45)49(55)41-20-18-40(19-21-41)39-12-7-6-8-13-39/h6-8,10-14,17-21,24,30,33,35,37,42,44,47-48,54,57H,9,15-16,22-23,25-29,31-32,34H2,1-5H3/t37-,42-,44+,47-,48-,51-,52+/m0/s1.